The van der Waals surface area contributed by atoms with Crippen molar-refractivity contribution in [3.8, 4) is 0 Å². The zero-order valence-electron chi connectivity index (χ0n) is 18.1. The molecule has 1 fully saturated rings. The van der Waals surface area contributed by atoms with E-state index in [1.54, 1.807) is 30.2 Å². The number of amides is 3. The molecule has 3 heterocycles. The Morgan fingerprint density at radius 1 is 1.21 bits per heavy atom. The number of ether oxygens (including phenoxy) is 1. The lowest BCUT2D eigenvalue weighted by Gasteiger charge is -2.37. The monoisotopic (exact) mass is 404 g/mol. The summed E-state index contributed by atoms with van der Waals surface area (Å²) in [5, 5.41) is 2.85. The largest absolute Gasteiger partial charge is 0.444 e. The van der Waals surface area contributed by atoms with Crippen molar-refractivity contribution in [3.05, 3.63) is 11.9 Å². The van der Waals surface area contributed by atoms with Gasteiger partial charge in [-0.1, -0.05) is 0 Å². The molecule has 2 aliphatic rings. The summed E-state index contributed by atoms with van der Waals surface area (Å²) in [6, 6.07) is -0.0571. The van der Waals surface area contributed by atoms with Gasteiger partial charge in [-0.05, 0) is 46.0 Å². The van der Waals surface area contributed by atoms with E-state index in [4.69, 9.17) is 4.74 Å². The summed E-state index contributed by atoms with van der Waals surface area (Å²) < 4.78 is 5.28. The maximum Gasteiger partial charge on any atom is 0.407 e. The van der Waals surface area contributed by atoms with Gasteiger partial charge in [0.05, 0.1) is 12.1 Å². The molecule has 1 aromatic heterocycles. The minimum atomic E-state index is -0.473. The fraction of sp³-hybridized carbons (Fsp3) is 0.700. The maximum atomic E-state index is 12.2. The highest BCUT2D eigenvalue weighted by atomic mass is 16.6. The zero-order valence-corrected chi connectivity index (χ0v) is 18.1. The van der Waals surface area contributed by atoms with Gasteiger partial charge in [0, 0.05) is 33.7 Å². The molecule has 1 N–H and O–H groups in total. The first kappa shape index (κ1) is 21.1. The number of rotatable bonds is 4. The predicted octanol–water partition coefficient (Wildman–Crippen LogP) is 2.61. The quantitative estimate of drug-likeness (QED) is 0.830. The van der Waals surface area contributed by atoms with Gasteiger partial charge in [0.1, 0.15) is 23.6 Å². The number of carbonyl (C=O) groups is 2. The van der Waals surface area contributed by atoms with Crippen molar-refractivity contribution < 1.29 is 14.3 Å². The maximum absolute atomic E-state index is 12.2. The van der Waals surface area contributed by atoms with Crippen molar-refractivity contribution >= 4 is 23.8 Å². The summed E-state index contributed by atoms with van der Waals surface area (Å²) in [6.45, 7) is 8.54. The molecule has 0 radical (unpaired) electrons. The third-order valence-corrected chi connectivity index (χ3v) is 5.36. The highest BCUT2D eigenvalue weighted by molar-refractivity contribution is 5.93. The van der Waals surface area contributed by atoms with E-state index in [0.717, 1.165) is 43.7 Å². The molecule has 160 valence electrons. The number of carbonyl (C=O) groups excluding carboxylic acids is 2. The van der Waals surface area contributed by atoms with Gasteiger partial charge in [0.25, 0.3) is 0 Å². The molecule has 1 saturated heterocycles. The Labute approximate surface area is 172 Å². The Bertz CT molecular complexity index is 755. The lowest BCUT2D eigenvalue weighted by molar-refractivity contribution is 0.0524. The Balaban J connectivity index is 1.53. The normalized spacial score (nSPS) is 18.0. The third kappa shape index (κ3) is 5.07. The lowest BCUT2D eigenvalue weighted by Crippen LogP contribution is -2.45. The molecule has 0 aromatic carbocycles. The van der Waals surface area contributed by atoms with Crippen LogP contribution in [0.5, 0.6) is 0 Å². The number of alkyl carbamates (subject to hydrolysis) is 1. The van der Waals surface area contributed by atoms with E-state index in [1.165, 1.54) is 0 Å². The average Bonchev–Trinajstić information content (AvgIpc) is 2.65. The van der Waals surface area contributed by atoms with Crippen LogP contribution in [0, 0.1) is 5.92 Å². The van der Waals surface area contributed by atoms with Gasteiger partial charge in [-0.3, -0.25) is 4.90 Å². The fourth-order valence-electron chi connectivity index (χ4n) is 3.87. The van der Waals surface area contributed by atoms with Crippen molar-refractivity contribution in [2.45, 2.75) is 52.2 Å². The number of fused-ring (bicyclic) bond motifs is 1. The second kappa shape index (κ2) is 8.42. The summed E-state index contributed by atoms with van der Waals surface area (Å²) >= 11 is 0. The van der Waals surface area contributed by atoms with Crippen LogP contribution in [0.3, 0.4) is 0 Å². The van der Waals surface area contributed by atoms with E-state index >= 15 is 0 Å². The molecule has 2 aliphatic heterocycles. The third-order valence-electron chi connectivity index (χ3n) is 5.36. The Kier molecular flexibility index (Phi) is 6.14. The van der Waals surface area contributed by atoms with E-state index < -0.39 is 5.60 Å². The second-order valence-electron chi connectivity index (χ2n) is 8.84. The molecule has 0 aliphatic carbocycles. The van der Waals surface area contributed by atoms with E-state index in [9.17, 15) is 9.59 Å². The number of anilines is 2. The Morgan fingerprint density at radius 2 is 1.86 bits per heavy atom. The number of aromatic nitrogens is 2. The molecule has 0 saturated carbocycles. The number of hydrogen-bond acceptors (Lipinski definition) is 6. The summed E-state index contributed by atoms with van der Waals surface area (Å²) in [4.78, 5) is 38.4. The molecular formula is C20H32N6O3. The molecular weight excluding hydrogens is 372 g/mol. The minimum absolute atomic E-state index is 0.0571. The smallest absolute Gasteiger partial charge is 0.407 e. The highest BCUT2D eigenvalue weighted by Gasteiger charge is 2.31. The standard InChI is InChI=1S/C20H32N6O3/c1-20(2,3)29-18(27)21-9-6-14-7-10-26(11-8-14)17-15-12-24(4)19(28)25(5)16(15)22-13-23-17/h13-14H,6-12H2,1-5H3,(H,21,27). The van der Waals surface area contributed by atoms with Crippen molar-refractivity contribution in [2.24, 2.45) is 5.92 Å². The number of nitrogens with zero attached hydrogens (tertiary/aromatic N) is 5. The van der Waals surface area contributed by atoms with E-state index in [-0.39, 0.29) is 12.1 Å². The van der Waals surface area contributed by atoms with Gasteiger partial charge in [0.15, 0.2) is 0 Å². The van der Waals surface area contributed by atoms with Crippen molar-refractivity contribution in [3.63, 3.8) is 0 Å². The van der Waals surface area contributed by atoms with Crippen LogP contribution in [0.1, 0.15) is 45.6 Å². The van der Waals surface area contributed by atoms with Crippen LogP contribution in [-0.4, -0.2) is 66.3 Å². The summed E-state index contributed by atoms with van der Waals surface area (Å²) in [6.07, 6.45) is 4.21. The van der Waals surface area contributed by atoms with E-state index in [0.29, 0.717) is 24.8 Å². The molecule has 0 bridgehead atoms. The lowest BCUT2D eigenvalue weighted by atomic mass is 9.93. The number of urea groups is 1. The highest BCUT2D eigenvalue weighted by Crippen LogP contribution is 2.33. The topological polar surface area (TPSA) is 90.9 Å². The average molecular weight is 405 g/mol. The van der Waals surface area contributed by atoms with Crippen LogP contribution in [0.25, 0.3) is 0 Å². The molecule has 9 nitrogen and oxygen atoms in total. The van der Waals surface area contributed by atoms with Crippen LogP contribution < -0.4 is 15.1 Å². The van der Waals surface area contributed by atoms with Gasteiger partial charge in [-0.2, -0.15) is 0 Å². The molecule has 29 heavy (non-hydrogen) atoms. The van der Waals surface area contributed by atoms with Crippen LogP contribution in [-0.2, 0) is 11.3 Å². The first-order chi connectivity index (χ1) is 13.7. The SMILES string of the molecule is CN1Cc2c(N3CCC(CCNC(=O)OC(C)(C)C)CC3)ncnc2N(C)C1=O. The Morgan fingerprint density at radius 3 is 2.52 bits per heavy atom. The predicted molar refractivity (Wildman–Crippen MR) is 111 cm³/mol. The van der Waals surface area contributed by atoms with E-state index in [1.807, 2.05) is 20.8 Å². The molecule has 9 heteroatoms. The number of hydrogen-bond donors (Lipinski definition) is 1. The summed E-state index contributed by atoms with van der Waals surface area (Å²) in [5.41, 5.74) is 0.529. The van der Waals surface area contributed by atoms with Gasteiger partial charge in [-0.25, -0.2) is 19.6 Å². The molecule has 0 unspecified atom stereocenters. The van der Waals surface area contributed by atoms with Crippen molar-refractivity contribution in [1.29, 1.82) is 0 Å². The van der Waals surface area contributed by atoms with Crippen molar-refractivity contribution in [2.75, 3.05) is 43.5 Å². The summed E-state index contributed by atoms with van der Waals surface area (Å²) in [7, 11) is 3.54. The number of nitrogens with one attached hydrogen (secondary N) is 1. The molecule has 0 spiro atoms. The van der Waals surface area contributed by atoms with Crippen LogP contribution in [0.15, 0.2) is 6.33 Å². The number of piperidine rings is 1. The second-order valence-corrected chi connectivity index (χ2v) is 8.84. The molecule has 3 rings (SSSR count). The van der Waals surface area contributed by atoms with Gasteiger partial charge < -0.3 is 19.9 Å². The van der Waals surface area contributed by atoms with Crippen LogP contribution in [0.4, 0.5) is 21.2 Å². The van der Waals surface area contributed by atoms with E-state index in [2.05, 4.69) is 20.2 Å². The molecule has 3 amide bonds. The first-order valence-corrected chi connectivity index (χ1v) is 10.2. The van der Waals surface area contributed by atoms with Gasteiger partial charge in [0.2, 0.25) is 0 Å². The van der Waals surface area contributed by atoms with Gasteiger partial charge >= 0.3 is 12.1 Å². The molecule has 1 aromatic rings. The fourth-order valence-corrected chi connectivity index (χ4v) is 3.87. The van der Waals surface area contributed by atoms with Crippen LogP contribution in [0.2, 0.25) is 0 Å². The zero-order chi connectivity index (χ0) is 21.2. The molecule has 0 atom stereocenters. The van der Waals surface area contributed by atoms with Crippen molar-refractivity contribution in [1.82, 2.24) is 20.2 Å². The summed E-state index contributed by atoms with van der Waals surface area (Å²) in [5.74, 6) is 2.18. The minimum Gasteiger partial charge on any atom is -0.444 e. The Hall–Kier alpha value is -2.58. The van der Waals surface area contributed by atoms with Gasteiger partial charge in [-0.15, -0.1) is 0 Å². The van der Waals surface area contributed by atoms with Crippen LogP contribution >= 0.6 is 0 Å². The first-order valence-electron chi connectivity index (χ1n) is 10.2.